The minimum absolute atomic E-state index is 0.133. The zero-order valence-electron chi connectivity index (χ0n) is 14.6. The average molecular weight is 332 g/mol. The van der Waals surface area contributed by atoms with E-state index in [0.717, 1.165) is 24.8 Å². The number of aromatic hydroxyl groups is 1. The first kappa shape index (κ1) is 17.2. The molecule has 0 bridgehead atoms. The third kappa shape index (κ3) is 3.90. The molecular formula is C19H28N2O3. The Hall–Kier alpha value is -1.59. The lowest BCUT2D eigenvalue weighted by molar-refractivity contribution is -0.145. The monoisotopic (exact) mass is 332 g/mol. The van der Waals surface area contributed by atoms with Crippen molar-refractivity contribution in [1.29, 1.82) is 0 Å². The molecule has 1 amide bonds. The molecule has 2 fully saturated rings. The van der Waals surface area contributed by atoms with Crippen molar-refractivity contribution in [1.82, 2.24) is 9.80 Å². The van der Waals surface area contributed by atoms with Crippen molar-refractivity contribution in [3.63, 3.8) is 0 Å². The number of phenolic OH excluding ortho intramolecular Hbond substituents is 1. The molecule has 0 radical (unpaired) electrons. The van der Waals surface area contributed by atoms with Crippen LogP contribution < -0.4 is 0 Å². The van der Waals surface area contributed by atoms with Crippen LogP contribution >= 0.6 is 0 Å². The Morgan fingerprint density at radius 2 is 2.17 bits per heavy atom. The molecule has 1 aromatic carbocycles. The Kier molecular flexibility index (Phi) is 5.41. The third-order valence-corrected chi connectivity index (χ3v) is 5.35. The predicted molar refractivity (Wildman–Crippen MR) is 92.8 cm³/mol. The van der Waals surface area contributed by atoms with Gasteiger partial charge in [0.05, 0.1) is 13.2 Å². The zero-order valence-corrected chi connectivity index (χ0v) is 14.6. The van der Waals surface area contributed by atoms with Crippen molar-refractivity contribution < 1.29 is 14.6 Å². The highest BCUT2D eigenvalue weighted by Gasteiger charge is 2.33. The largest absolute Gasteiger partial charge is 0.508 e. The minimum Gasteiger partial charge on any atom is -0.508 e. The lowest BCUT2D eigenvalue weighted by Crippen LogP contribution is -2.47. The summed E-state index contributed by atoms with van der Waals surface area (Å²) in [6.45, 7) is 1.79. The van der Waals surface area contributed by atoms with E-state index < -0.39 is 0 Å². The molecule has 1 saturated heterocycles. The van der Waals surface area contributed by atoms with Gasteiger partial charge >= 0.3 is 0 Å². The second kappa shape index (κ2) is 7.53. The Bertz CT molecular complexity index is 575. The maximum atomic E-state index is 13.0. The van der Waals surface area contributed by atoms with Crippen LogP contribution in [0.4, 0.5) is 0 Å². The second-order valence-electron chi connectivity index (χ2n) is 7.22. The zero-order chi connectivity index (χ0) is 17.1. The lowest BCUT2D eigenvalue weighted by atomic mass is 9.84. The normalized spacial score (nSPS) is 28.1. The number of hydrogen-bond donors (Lipinski definition) is 1. The smallest absolute Gasteiger partial charge is 0.225 e. The molecule has 1 saturated carbocycles. The van der Waals surface area contributed by atoms with Crippen molar-refractivity contribution in [3.8, 4) is 5.75 Å². The number of carbonyl (C=O) groups is 1. The van der Waals surface area contributed by atoms with Crippen LogP contribution in [-0.4, -0.2) is 60.6 Å². The van der Waals surface area contributed by atoms with E-state index in [0.29, 0.717) is 25.7 Å². The Morgan fingerprint density at radius 3 is 2.92 bits per heavy atom. The summed E-state index contributed by atoms with van der Waals surface area (Å²) in [7, 11) is 4.20. The summed E-state index contributed by atoms with van der Waals surface area (Å²) in [4.78, 5) is 17.2. The molecule has 1 aromatic rings. The summed E-state index contributed by atoms with van der Waals surface area (Å²) in [6.07, 6.45) is 4.12. The molecule has 132 valence electrons. The fourth-order valence-corrected chi connectivity index (χ4v) is 3.89. The first-order chi connectivity index (χ1) is 11.5. The number of benzene rings is 1. The topological polar surface area (TPSA) is 53.0 Å². The highest BCUT2D eigenvalue weighted by molar-refractivity contribution is 5.79. The number of phenols is 1. The van der Waals surface area contributed by atoms with Crippen LogP contribution in [0.2, 0.25) is 0 Å². The van der Waals surface area contributed by atoms with E-state index in [9.17, 15) is 9.90 Å². The fourth-order valence-electron chi connectivity index (χ4n) is 3.89. The minimum atomic E-state index is -0.150. The summed E-state index contributed by atoms with van der Waals surface area (Å²) >= 11 is 0. The maximum Gasteiger partial charge on any atom is 0.225 e. The molecule has 5 nitrogen and oxygen atoms in total. The summed E-state index contributed by atoms with van der Waals surface area (Å²) in [5.41, 5.74) is 0.933. The van der Waals surface area contributed by atoms with Crippen LogP contribution in [-0.2, 0) is 9.53 Å². The van der Waals surface area contributed by atoms with Gasteiger partial charge in [-0.25, -0.2) is 0 Å². The van der Waals surface area contributed by atoms with Gasteiger partial charge in [0.25, 0.3) is 0 Å². The van der Waals surface area contributed by atoms with Crippen LogP contribution in [0.1, 0.15) is 37.4 Å². The molecule has 0 unspecified atom stereocenters. The number of morpholine rings is 1. The highest BCUT2D eigenvalue weighted by Crippen LogP contribution is 2.31. The van der Waals surface area contributed by atoms with Crippen LogP contribution in [0.25, 0.3) is 0 Å². The molecule has 1 aliphatic carbocycles. The Labute approximate surface area is 144 Å². The van der Waals surface area contributed by atoms with Gasteiger partial charge in [-0.1, -0.05) is 18.6 Å². The molecule has 1 heterocycles. The number of carbonyl (C=O) groups excluding carboxylic acids is 1. The van der Waals surface area contributed by atoms with E-state index >= 15 is 0 Å². The van der Waals surface area contributed by atoms with Gasteiger partial charge in [-0.2, -0.15) is 0 Å². The van der Waals surface area contributed by atoms with E-state index in [1.807, 2.05) is 17.0 Å². The van der Waals surface area contributed by atoms with Gasteiger partial charge in [0, 0.05) is 18.5 Å². The van der Waals surface area contributed by atoms with E-state index in [4.69, 9.17) is 4.74 Å². The first-order valence-corrected chi connectivity index (χ1v) is 8.90. The SMILES string of the molecule is CN(C)[C@@H]1CCC[C@@H](C(=O)N2CCO[C@@H](c3cccc(O)c3)C2)C1. The fraction of sp³-hybridized carbons (Fsp3) is 0.632. The molecule has 2 aliphatic rings. The van der Waals surface area contributed by atoms with E-state index in [-0.39, 0.29) is 23.7 Å². The molecular weight excluding hydrogens is 304 g/mol. The average Bonchev–Trinajstić information content (AvgIpc) is 2.61. The molecule has 3 rings (SSSR count). The molecule has 1 N–H and O–H groups in total. The van der Waals surface area contributed by atoms with Gasteiger partial charge in [0.15, 0.2) is 0 Å². The molecule has 0 aromatic heterocycles. The number of nitrogens with zero attached hydrogens (tertiary/aromatic N) is 2. The van der Waals surface area contributed by atoms with Gasteiger partial charge in [0.2, 0.25) is 5.91 Å². The van der Waals surface area contributed by atoms with Crippen LogP contribution in [0.3, 0.4) is 0 Å². The van der Waals surface area contributed by atoms with Gasteiger partial charge in [-0.05, 0) is 51.1 Å². The van der Waals surface area contributed by atoms with Crippen LogP contribution in [0.15, 0.2) is 24.3 Å². The molecule has 3 atom stereocenters. The predicted octanol–water partition coefficient (Wildman–Crippen LogP) is 2.41. The first-order valence-electron chi connectivity index (χ1n) is 8.90. The van der Waals surface area contributed by atoms with Crippen molar-refractivity contribution in [3.05, 3.63) is 29.8 Å². The number of amides is 1. The van der Waals surface area contributed by atoms with Gasteiger partial charge < -0.3 is 19.6 Å². The highest BCUT2D eigenvalue weighted by atomic mass is 16.5. The second-order valence-corrected chi connectivity index (χ2v) is 7.22. The van der Waals surface area contributed by atoms with E-state index in [1.54, 1.807) is 12.1 Å². The van der Waals surface area contributed by atoms with Crippen molar-refractivity contribution >= 4 is 5.91 Å². The quantitative estimate of drug-likeness (QED) is 0.923. The van der Waals surface area contributed by atoms with Crippen LogP contribution in [0.5, 0.6) is 5.75 Å². The summed E-state index contributed by atoms with van der Waals surface area (Å²) in [6, 6.07) is 7.65. The molecule has 0 spiro atoms. The Balaban J connectivity index is 1.64. The molecule has 1 aliphatic heterocycles. The third-order valence-electron chi connectivity index (χ3n) is 5.35. The van der Waals surface area contributed by atoms with Crippen molar-refractivity contribution in [2.24, 2.45) is 5.92 Å². The number of hydrogen-bond acceptors (Lipinski definition) is 4. The Morgan fingerprint density at radius 1 is 1.33 bits per heavy atom. The summed E-state index contributed by atoms with van der Waals surface area (Å²) < 4.78 is 5.83. The number of rotatable bonds is 3. The van der Waals surface area contributed by atoms with E-state index in [2.05, 4.69) is 19.0 Å². The summed E-state index contributed by atoms with van der Waals surface area (Å²) in [5.74, 6) is 0.643. The van der Waals surface area contributed by atoms with Crippen LogP contribution in [0, 0.1) is 5.92 Å². The molecule has 24 heavy (non-hydrogen) atoms. The maximum absolute atomic E-state index is 13.0. The van der Waals surface area contributed by atoms with Gasteiger partial charge in [-0.3, -0.25) is 4.79 Å². The van der Waals surface area contributed by atoms with Crippen molar-refractivity contribution in [2.75, 3.05) is 33.8 Å². The van der Waals surface area contributed by atoms with Crippen molar-refractivity contribution in [2.45, 2.75) is 37.8 Å². The lowest BCUT2D eigenvalue weighted by Gasteiger charge is -2.38. The van der Waals surface area contributed by atoms with Gasteiger partial charge in [0.1, 0.15) is 11.9 Å². The number of ether oxygens (including phenoxy) is 1. The van der Waals surface area contributed by atoms with E-state index in [1.165, 1.54) is 6.42 Å². The molecule has 5 heteroatoms. The standard InChI is InChI=1S/C19H28N2O3/c1-20(2)16-7-3-6-15(11-16)19(23)21-9-10-24-18(13-21)14-5-4-8-17(22)12-14/h4-5,8,12,15-16,18,22H,3,6-7,9-11,13H2,1-2H3/t15-,16-,18-/m1/s1. The van der Waals surface area contributed by atoms with Gasteiger partial charge in [-0.15, -0.1) is 0 Å². The summed E-state index contributed by atoms with van der Waals surface area (Å²) in [5, 5.41) is 9.66.